The second-order valence-corrected chi connectivity index (χ2v) is 5.34. The third-order valence-electron chi connectivity index (χ3n) is 3.06. The van der Waals surface area contributed by atoms with Crippen molar-refractivity contribution in [3.8, 4) is 11.5 Å². The topological polar surface area (TPSA) is 106 Å². The highest BCUT2D eigenvalue weighted by Gasteiger charge is 2.16. The smallest absolute Gasteiger partial charge is 0.328 e. The van der Waals surface area contributed by atoms with E-state index in [9.17, 15) is 14.4 Å². The Labute approximate surface area is 154 Å². The van der Waals surface area contributed by atoms with Crippen LogP contribution in [0.5, 0.6) is 11.5 Å². The first kappa shape index (κ1) is 19.1. The summed E-state index contributed by atoms with van der Waals surface area (Å²) in [7, 11) is 1.44. The van der Waals surface area contributed by atoms with Gasteiger partial charge in [-0.25, -0.2) is 0 Å². The zero-order chi connectivity index (χ0) is 18.9. The lowest BCUT2D eigenvalue weighted by molar-refractivity contribution is -0.138. The van der Waals surface area contributed by atoms with E-state index in [2.05, 4.69) is 10.7 Å². The lowest BCUT2D eigenvalue weighted by Gasteiger charge is -2.11. The second kappa shape index (κ2) is 9.28. The van der Waals surface area contributed by atoms with Crippen LogP contribution in [-0.2, 0) is 14.4 Å². The number of benzene rings is 2. The van der Waals surface area contributed by atoms with E-state index in [0.29, 0.717) is 22.2 Å². The van der Waals surface area contributed by atoms with Gasteiger partial charge in [0.25, 0.3) is 5.91 Å². The van der Waals surface area contributed by atoms with Crippen molar-refractivity contribution in [3.63, 3.8) is 0 Å². The molecule has 0 fully saturated rings. The molecular formula is C17H16ClN3O5. The van der Waals surface area contributed by atoms with E-state index in [4.69, 9.17) is 21.1 Å². The standard InChI is InChI=1S/C17H16ClN3O5/c1-25-14-5-3-2-4-13(14)19-16(23)17(24)21-20-15(22)10-26-12-8-6-11(18)7-9-12/h2-9H,10H2,1H3,(H,19,23)(H,20,22)(H,21,24). The summed E-state index contributed by atoms with van der Waals surface area (Å²) in [5.74, 6) is -1.82. The number of halogens is 1. The minimum Gasteiger partial charge on any atom is -0.495 e. The zero-order valence-electron chi connectivity index (χ0n) is 13.7. The third kappa shape index (κ3) is 5.67. The molecule has 0 bridgehead atoms. The van der Waals surface area contributed by atoms with Crippen molar-refractivity contribution in [3.05, 3.63) is 53.6 Å². The molecule has 0 aromatic heterocycles. The number of para-hydroxylation sites is 2. The van der Waals surface area contributed by atoms with Crippen LogP contribution in [-0.4, -0.2) is 31.4 Å². The summed E-state index contributed by atoms with van der Waals surface area (Å²) in [6.45, 7) is -0.351. The second-order valence-electron chi connectivity index (χ2n) is 4.90. The lowest BCUT2D eigenvalue weighted by Crippen LogP contribution is -2.48. The zero-order valence-corrected chi connectivity index (χ0v) is 14.5. The highest BCUT2D eigenvalue weighted by molar-refractivity contribution is 6.39. The highest BCUT2D eigenvalue weighted by Crippen LogP contribution is 2.22. The molecule has 0 aliphatic carbocycles. The van der Waals surface area contributed by atoms with Gasteiger partial charge in [0.15, 0.2) is 6.61 Å². The van der Waals surface area contributed by atoms with E-state index in [0.717, 1.165) is 0 Å². The van der Waals surface area contributed by atoms with Gasteiger partial charge >= 0.3 is 11.8 Å². The van der Waals surface area contributed by atoms with Gasteiger partial charge in [0.2, 0.25) is 0 Å². The lowest BCUT2D eigenvalue weighted by atomic mass is 10.3. The van der Waals surface area contributed by atoms with Crippen molar-refractivity contribution in [2.45, 2.75) is 0 Å². The van der Waals surface area contributed by atoms with Crippen LogP contribution in [0.1, 0.15) is 0 Å². The molecule has 0 saturated carbocycles. The van der Waals surface area contributed by atoms with Crippen LogP contribution < -0.4 is 25.6 Å². The van der Waals surface area contributed by atoms with Gasteiger partial charge < -0.3 is 14.8 Å². The number of nitrogens with one attached hydrogen (secondary N) is 3. The number of hydrogen-bond donors (Lipinski definition) is 3. The number of hydrazine groups is 1. The van der Waals surface area contributed by atoms with Crippen LogP contribution in [0, 0.1) is 0 Å². The molecule has 136 valence electrons. The van der Waals surface area contributed by atoms with Crippen LogP contribution in [0.15, 0.2) is 48.5 Å². The Morgan fingerprint density at radius 1 is 0.962 bits per heavy atom. The van der Waals surface area contributed by atoms with Gasteiger partial charge in [-0.2, -0.15) is 0 Å². The fourth-order valence-corrected chi connectivity index (χ4v) is 1.95. The predicted molar refractivity (Wildman–Crippen MR) is 94.9 cm³/mol. The van der Waals surface area contributed by atoms with E-state index in [1.807, 2.05) is 5.43 Å². The largest absolute Gasteiger partial charge is 0.495 e. The molecule has 0 aliphatic heterocycles. The van der Waals surface area contributed by atoms with Gasteiger partial charge in [-0.05, 0) is 36.4 Å². The number of hydrogen-bond acceptors (Lipinski definition) is 5. The Bertz CT molecular complexity index is 795. The van der Waals surface area contributed by atoms with Gasteiger partial charge in [0.1, 0.15) is 11.5 Å². The summed E-state index contributed by atoms with van der Waals surface area (Å²) in [6, 6.07) is 13.0. The first-order valence-corrected chi connectivity index (χ1v) is 7.79. The summed E-state index contributed by atoms with van der Waals surface area (Å²) in [4.78, 5) is 35.2. The molecule has 0 saturated heterocycles. The number of carbonyl (C=O) groups excluding carboxylic acids is 3. The molecule has 2 aromatic rings. The molecule has 2 aromatic carbocycles. The fourth-order valence-electron chi connectivity index (χ4n) is 1.83. The number of anilines is 1. The van der Waals surface area contributed by atoms with Gasteiger partial charge in [-0.15, -0.1) is 0 Å². The van der Waals surface area contributed by atoms with Gasteiger partial charge in [-0.1, -0.05) is 23.7 Å². The van der Waals surface area contributed by atoms with Crippen molar-refractivity contribution < 1.29 is 23.9 Å². The van der Waals surface area contributed by atoms with Crippen LogP contribution in [0.25, 0.3) is 0 Å². The first-order chi connectivity index (χ1) is 12.5. The van der Waals surface area contributed by atoms with Crippen molar-refractivity contribution >= 4 is 35.0 Å². The summed E-state index contributed by atoms with van der Waals surface area (Å²) in [5.41, 5.74) is 4.40. The van der Waals surface area contributed by atoms with Gasteiger partial charge in [0, 0.05) is 5.02 Å². The monoisotopic (exact) mass is 377 g/mol. The Morgan fingerprint density at radius 3 is 2.35 bits per heavy atom. The van der Waals surface area contributed by atoms with Crippen molar-refractivity contribution in [2.24, 2.45) is 0 Å². The van der Waals surface area contributed by atoms with Crippen LogP contribution in [0.4, 0.5) is 5.69 Å². The average molecular weight is 378 g/mol. The quantitative estimate of drug-likeness (QED) is 0.541. The maximum Gasteiger partial charge on any atom is 0.328 e. The number of carbonyl (C=O) groups is 3. The van der Waals surface area contributed by atoms with Crippen molar-refractivity contribution in [2.75, 3.05) is 19.0 Å². The fraction of sp³-hybridized carbons (Fsp3) is 0.118. The molecule has 3 amide bonds. The molecule has 2 rings (SSSR count). The molecule has 3 N–H and O–H groups in total. The minimum absolute atomic E-state index is 0.326. The molecule has 0 unspecified atom stereocenters. The van der Waals surface area contributed by atoms with Crippen LogP contribution in [0.2, 0.25) is 5.02 Å². The molecule has 0 heterocycles. The molecule has 0 aliphatic rings. The van der Waals surface area contributed by atoms with Crippen molar-refractivity contribution in [1.82, 2.24) is 10.9 Å². The maximum atomic E-state index is 11.8. The maximum absolute atomic E-state index is 11.8. The van der Waals surface area contributed by atoms with Crippen LogP contribution in [0.3, 0.4) is 0 Å². The Morgan fingerprint density at radius 2 is 1.65 bits per heavy atom. The first-order valence-electron chi connectivity index (χ1n) is 7.41. The molecule has 26 heavy (non-hydrogen) atoms. The summed E-state index contributed by atoms with van der Waals surface area (Å²) >= 11 is 5.74. The Hall–Kier alpha value is -3.26. The molecule has 9 heteroatoms. The van der Waals surface area contributed by atoms with Gasteiger partial charge in [-0.3, -0.25) is 25.2 Å². The van der Waals surface area contributed by atoms with E-state index in [1.165, 1.54) is 7.11 Å². The number of amides is 3. The molecule has 0 spiro atoms. The van der Waals surface area contributed by atoms with E-state index in [-0.39, 0.29) is 6.61 Å². The summed E-state index contributed by atoms with van der Waals surface area (Å²) in [5, 5.41) is 2.91. The number of ether oxygens (including phenoxy) is 2. The van der Waals surface area contributed by atoms with Gasteiger partial charge in [0.05, 0.1) is 12.8 Å². The van der Waals surface area contributed by atoms with E-state index in [1.54, 1.807) is 48.5 Å². The summed E-state index contributed by atoms with van der Waals surface area (Å²) in [6.07, 6.45) is 0. The Balaban J connectivity index is 1.77. The van der Waals surface area contributed by atoms with E-state index < -0.39 is 17.7 Å². The molecule has 0 atom stereocenters. The third-order valence-corrected chi connectivity index (χ3v) is 3.31. The average Bonchev–Trinajstić information content (AvgIpc) is 2.66. The molecule has 8 nitrogen and oxygen atoms in total. The van der Waals surface area contributed by atoms with E-state index >= 15 is 0 Å². The molecule has 0 radical (unpaired) electrons. The number of rotatable bonds is 5. The van der Waals surface area contributed by atoms with Crippen LogP contribution >= 0.6 is 11.6 Å². The number of methoxy groups -OCH3 is 1. The van der Waals surface area contributed by atoms with Crippen molar-refractivity contribution in [1.29, 1.82) is 0 Å². The predicted octanol–water partition coefficient (Wildman–Crippen LogP) is 1.51. The normalized spacial score (nSPS) is 9.77. The SMILES string of the molecule is COc1ccccc1NC(=O)C(=O)NNC(=O)COc1ccc(Cl)cc1. The minimum atomic E-state index is -1.05. The summed E-state index contributed by atoms with van der Waals surface area (Å²) < 4.78 is 10.3. The highest BCUT2D eigenvalue weighted by atomic mass is 35.5. The Kier molecular flexibility index (Phi) is 6.81. The molecular weight excluding hydrogens is 362 g/mol.